The highest BCUT2D eigenvalue weighted by atomic mass is 19.1. The Morgan fingerprint density at radius 3 is 2.33 bits per heavy atom. The number of primary amides is 1. The molecule has 0 bridgehead atoms. The van der Waals surface area contributed by atoms with Crippen molar-refractivity contribution in [3.63, 3.8) is 0 Å². The number of aliphatic hydroxyl groups excluding tert-OH is 1. The minimum atomic E-state index is -1.48. The quantitative estimate of drug-likeness (QED) is 0.0183. The summed E-state index contributed by atoms with van der Waals surface area (Å²) in [7, 11) is 0. The Balaban J connectivity index is 0.000000245. The van der Waals surface area contributed by atoms with Gasteiger partial charge in [0.2, 0.25) is 23.6 Å². The lowest BCUT2D eigenvalue weighted by molar-refractivity contribution is -0.157. The number of carbonyl (C=O) groups is 9. The number of cyclic esters (lactones) is 1. The summed E-state index contributed by atoms with van der Waals surface area (Å²) in [6.45, 7) is 5.98. The summed E-state index contributed by atoms with van der Waals surface area (Å²) in [5.74, 6) is -5.34. The van der Waals surface area contributed by atoms with Gasteiger partial charge in [-0.1, -0.05) is 50.6 Å². The van der Waals surface area contributed by atoms with Crippen LogP contribution in [0, 0.1) is 12.7 Å². The molecule has 4 aromatic rings. The van der Waals surface area contributed by atoms with Crippen molar-refractivity contribution < 1.29 is 66.9 Å². The topological polar surface area (TPSA) is 317 Å². The van der Waals surface area contributed by atoms with Gasteiger partial charge < -0.3 is 50.9 Å². The fourth-order valence-corrected chi connectivity index (χ4v) is 9.63. The van der Waals surface area contributed by atoms with Crippen molar-refractivity contribution in [2.24, 2.45) is 5.73 Å². The number of aryl methyl sites for hydroxylation is 2. The molecule has 4 unspecified atom stereocenters. The number of halogens is 1. The number of ether oxygens (including phenoxy) is 3. The van der Waals surface area contributed by atoms with E-state index in [9.17, 15) is 57.4 Å². The van der Waals surface area contributed by atoms with E-state index < -0.39 is 66.8 Å². The summed E-state index contributed by atoms with van der Waals surface area (Å²) in [5, 5.41) is 21.1. The summed E-state index contributed by atoms with van der Waals surface area (Å²) in [6, 6.07) is 10.6. The highest BCUT2D eigenvalue weighted by Crippen LogP contribution is 2.42. The van der Waals surface area contributed by atoms with Crippen LogP contribution in [0.2, 0.25) is 0 Å². The van der Waals surface area contributed by atoms with E-state index in [4.69, 9.17) is 24.9 Å². The Labute approximate surface area is 453 Å². The van der Waals surface area contributed by atoms with E-state index in [1.165, 1.54) is 18.2 Å². The second-order valence-corrected chi connectivity index (χ2v) is 19.0. The van der Waals surface area contributed by atoms with Gasteiger partial charge in [0.05, 0.1) is 42.2 Å². The van der Waals surface area contributed by atoms with E-state index in [-0.39, 0.29) is 80.7 Å². The fraction of sp³-hybridized carbons (Fsp3) is 0.436. The third-order valence-electron chi connectivity index (χ3n) is 13.8. The van der Waals surface area contributed by atoms with E-state index in [0.717, 1.165) is 51.8 Å². The third-order valence-corrected chi connectivity index (χ3v) is 13.8. The highest BCUT2D eigenvalue weighted by molar-refractivity contribution is 6.12. The number of amides is 7. The summed E-state index contributed by atoms with van der Waals surface area (Å²) in [6.07, 6.45) is 5.35. The van der Waals surface area contributed by atoms with Gasteiger partial charge >= 0.3 is 11.9 Å². The smallest absolute Gasteiger partial charge is 0.340 e. The van der Waals surface area contributed by atoms with Gasteiger partial charge in [-0.15, -0.1) is 0 Å². The molecule has 5 aliphatic rings. The van der Waals surface area contributed by atoms with Gasteiger partial charge in [-0.05, 0) is 67.3 Å². The molecule has 0 spiro atoms. The van der Waals surface area contributed by atoms with Crippen LogP contribution in [0.5, 0.6) is 0 Å². The molecule has 6 heterocycles. The molecule has 7 N–H and O–H groups in total. The number of nitrogens with one attached hydrogen (secondary N) is 4. The molecule has 24 heteroatoms. The first-order valence-corrected chi connectivity index (χ1v) is 26.2. The number of benzene rings is 2. The number of hydrogen-bond acceptors (Lipinski definition) is 16. The third kappa shape index (κ3) is 14.5. The lowest BCUT2D eigenvalue weighted by atomic mass is 9.85. The molecule has 23 nitrogen and oxygen atoms in total. The van der Waals surface area contributed by atoms with Crippen molar-refractivity contribution in [1.82, 2.24) is 40.6 Å². The molecule has 0 radical (unpaired) electrons. The number of nitrogens with two attached hydrogens (primary N) is 1. The van der Waals surface area contributed by atoms with Gasteiger partial charge in [0.15, 0.2) is 12.7 Å². The van der Waals surface area contributed by atoms with Crippen molar-refractivity contribution >= 4 is 64.2 Å². The van der Waals surface area contributed by atoms with Crippen LogP contribution in [0.1, 0.15) is 91.0 Å². The average molecular weight is 1090 g/mol. The predicted octanol–water partition coefficient (Wildman–Crippen LogP) is 0.713. The Morgan fingerprint density at radius 2 is 1.61 bits per heavy atom. The number of aliphatic hydroxyl groups is 1. The van der Waals surface area contributed by atoms with Crippen molar-refractivity contribution in [1.29, 1.82) is 0 Å². The highest BCUT2D eigenvalue weighted by Gasteiger charge is 2.38. The van der Waals surface area contributed by atoms with Crippen LogP contribution in [-0.4, -0.2) is 142 Å². The Kier molecular flexibility index (Phi) is 19.9. The number of nitrogens with zero attached hydrogens (tertiary/aromatic N) is 4. The summed E-state index contributed by atoms with van der Waals surface area (Å²) >= 11 is 0. The number of pyridine rings is 2. The van der Waals surface area contributed by atoms with E-state index in [1.54, 1.807) is 47.9 Å². The number of fused-ring (bicyclic) bond motifs is 5. The zero-order valence-electron chi connectivity index (χ0n) is 44.2. The minimum absolute atomic E-state index is 0.0947. The number of hydrogen-bond donors (Lipinski definition) is 6. The number of aromatic nitrogens is 2. The predicted molar refractivity (Wildman–Crippen MR) is 280 cm³/mol. The maximum absolute atomic E-state index is 14.5. The molecular weight excluding hydrogens is 1030 g/mol. The summed E-state index contributed by atoms with van der Waals surface area (Å²) < 4.78 is 31.3. The number of esters is 2. The molecule has 4 atom stereocenters. The average Bonchev–Trinajstić information content (AvgIpc) is 4.29. The molecule has 2 aromatic carbocycles. The van der Waals surface area contributed by atoms with Crippen LogP contribution in [-0.2, 0) is 89.8 Å². The fourth-order valence-electron chi connectivity index (χ4n) is 9.63. The van der Waals surface area contributed by atoms with Gasteiger partial charge in [0.1, 0.15) is 37.8 Å². The van der Waals surface area contributed by atoms with Crippen LogP contribution in [0.4, 0.5) is 4.39 Å². The first-order valence-electron chi connectivity index (χ1n) is 26.2. The van der Waals surface area contributed by atoms with E-state index >= 15 is 0 Å². The number of unbranched alkanes of at least 4 members (excludes halogenated alkanes) is 2. The minimum Gasteiger partial charge on any atom is -0.458 e. The van der Waals surface area contributed by atoms with Gasteiger partial charge in [0.25, 0.3) is 23.3 Å². The lowest BCUT2D eigenvalue weighted by Gasteiger charge is -2.22. The first-order chi connectivity index (χ1) is 38.0. The molecular formula is C55H64FN9O14. The van der Waals surface area contributed by atoms with Crippen LogP contribution >= 0.6 is 0 Å². The zero-order chi connectivity index (χ0) is 56.9. The molecule has 79 heavy (non-hydrogen) atoms. The summed E-state index contributed by atoms with van der Waals surface area (Å²) in [5.41, 5.74) is 11.8. The number of imide groups is 1. The van der Waals surface area contributed by atoms with Crippen molar-refractivity contribution in [3.8, 4) is 11.4 Å². The maximum atomic E-state index is 14.5. The first kappa shape index (κ1) is 58.5. The SMILES string of the molecule is CC.Cc1c(F)cc2nc3c(c4c2c1CCC4)Cn1c-3cc2c(c1=O)COC(=O)C2O.NC(=O)C1CN1CCOCNC(=O)CNC(=O)C(Cc1ccccc1)NC(=O)COC(=O)CNC(=O)CCCCCN1C(=O)C=CC1=O. The van der Waals surface area contributed by atoms with Crippen LogP contribution < -0.4 is 32.6 Å². The summed E-state index contributed by atoms with van der Waals surface area (Å²) in [4.78, 5) is 128. The van der Waals surface area contributed by atoms with Crippen molar-refractivity contribution in [2.45, 2.75) is 103 Å². The van der Waals surface area contributed by atoms with Gasteiger partial charge in [-0.25, -0.2) is 14.2 Å². The number of rotatable bonds is 22. The Bertz CT molecular complexity index is 3110. The number of carbonyl (C=O) groups excluding carboxylic acids is 9. The van der Waals surface area contributed by atoms with E-state index in [2.05, 4.69) is 21.3 Å². The Morgan fingerprint density at radius 1 is 0.873 bits per heavy atom. The van der Waals surface area contributed by atoms with Crippen molar-refractivity contribution in [2.75, 3.05) is 52.7 Å². The normalized spacial score (nSPS) is 17.4. The molecule has 4 aliphatic heterocycles. The second kappa shape index (κ2) is 26.9. The second-order valence-electron chi connectivity index (χ2n) is 19.0. The van der Waals surface area contributed by atoms with Gasteiger partial charge in [0, 0.05) is 67.2 Å². The van der Waals surface area contributed by atoms with Crippen molar-refractivity contribution in [3.05, 3.63) is 110 Å². The molecule has 9 rings (SSSR count). The molecule has 1 saturated heterocycles. The van der Waals surface area contributed by atoms with E-state index in [0.29, 0.717) is 66.9 Å². The molecule has 0 saturated carbocycles. The standard InChI is InChI=1S/C31H41N7O10.C22H17FN2O4.C2H6/c32-30(45)23-18-37(23)13-14-47-20-35-25(40)16-34-31(46)22(15-21-7-3-1-4-8-21)36-26(41)19-48-29(44)17-33-24(39)9-5-2-6-12-38-27(42)10-11-28(38)43;1-9-10-3-2-4-11-13-7-25-17(19(13)24-16(18(10)11)6-15(9)23)5-12-14(21(25)27)8-29-22(28)20(12)26;1-2/h1,3-4,7-8,10-11,22-23H,2,5-6,9,12-20H2,(H2,32,45)(H,33,39)(H,34,46)(H,35,40)(H,36,41);5-6,20,26H,2-4,7-8H2,1H3;1-2H3. The van der Waals surface area contributed by atoms with Crippen LogP contribution in [0.15, 0.2) is 59.4 Å². The zero-order valence-corrected chi connectivity index (χ0v) is 44.2. The van der Waals surface area contributed by atoms with Gasteiger partial charge in [-0.2, -0.15) is 0 Å². The maximum Gasteiger partial charge on any atom is 0.340 e. The molecule has 1 aliphatic carbocycles. The molecule has 7 amide bonds. The van der Waals surface area contributed by atoms with Crippen LogP contribution in [0.3, 0.4) is 0 Å². The van der Waals surface area contributed by atoms with Crippen LogP contribution in [0.25, 0.3) is 22.3 Å². The lowest BCUT2D eigenvalue weighted by Crippen LogP contribution is -2.51. The molecule has 1 fully saturated rings. The van der Waals surface area contributed by atoms with Gasteiger partial charge in [-0.3, -0.25) is 53.0 Å². The van der Waals surface area contributed by atoms with E-state index in [1.807, 2.05) is 18.7 Å². The molecule has 2 aromatic heterocycles. The monoisotopic (exact) mass is 1090 g/mol. The Hall–Kier alpha value is -8.22. The molecule has 420 valence electrons. The largest absolute Gasteiger partial charge is 0.458 e.